The Labute approximate surface area is 188 Å². The van der Waals surface area contributed by atoms with Crippen LogP contribution in [0.2, 0.25) is 5.02 Å². The molecule has 0 spiro atoms. The third-order valence-electron chi connectivity index (χ3n) is 4.51. The van der Waals surface area contributed by atoms with Crippen LogP contribution in [0.3, 0.4) is 0 Å². The maximum absolute atomic E-state index is 12.6. The molecule has 0 aliphatic rings. The van der Waals surface area contributed by atoms with Gasteiger partial charge in [0.15, 0.2) is 0 Å². The lowest BCUT2D eigenvalue weighted by Gasteiger charge is -2.14. The first-order chi connectivity index (χ1) is 15.6. The second-order valence-electron chi connectivity index (χ2n) is 6.71. The summed E-state index contributed by atoms with van der Waals surface area (Å²) in [6.45, 7) is 0.201. The summed E-state index contributed by atoms with van der Waals surface area (Å²) in [6.07, 6.45) is 4.47. The fourth-order valence-electron chi connectivity index (χ4n) is 3.02. The van der Waals surface area contributed by atoms with Crippen LogP contribution in [0.4, 0.5) is 11.4 Å². The number of carbonyl (C=O) groups excluding carboxylic acids is 2. The summed E-state index contributed by atoms with van der Waals surface area (Å²) < 4.78 is 6.75. The van der Waals surface area contributed by atoms with Gasteiger partial charge in [-0.05, 0) is 42.5 Å². The van der Waals surface area contributed by atoms with E-state index in [-0.39, 0.29) is 24.9 Å². The van der Waals surface area contributed by atoms with E-state index in [2.05, 4.69) is 26.0 Å². The summed E-state index contributed by atoms with van der Waals surface area (Å²) >= 11 is 6.09. The zero-order chi connectivity index (χ0) is 22.3. The van der Waals surface area contributed by atoms with Crippen LogP contribution in [0.1, 0.15) is 16.1 Å². The van der Waals surface area contributed by atoms with Gasteiger partial charge in [-0.3, -0.25) is 9.59 Å². The Morgan fingerprint density at radius 3 is 2.72 bits per heavy atom. The Hall–Kier alpha value is -4.11. The van der Waals surface area contributed by atoms with E-state index in [1.165, 1.54) is 17.3 Å². The molecular formula is C22H19ClN6O3. The van der Waals surface area contributed by atoms with Crippen LogP contribution in [0.15, 0.2) is 77.9 Å². The molecule has 2 aromatic carbocycles. The average Bonchev–Trinajstić information content (AvgIpc) is 3.51. The van der Waals surface area contributed by atoms with Crippen molar-refractivity contribution in [3.63, 3.8) is 0 Å². The van der Waals surface area contributed by atoms with Crippen LogP contribution in [0, 0.1) is 0 Å². The highest BCUT2D eigenvalue weighted by molar-refractivity contribution is 6.31. The van der Waals surface area contributed by atoms with Crippen LogP contribution in [-0.2, 0) is 11.3 Å². The minimum atomic E-state index is -0.320. The standard InChI is InChI=1S/C22H19ClN6O3/c23-15-7-8-20(29-14-24-13-27-29)19(10-15)28-21(30)12-25-18-6-2-1-5-17(18)22(31)26-11-16-4-3-9-32-16/h1-10,13-14,25H,11-12H2,(H,26,31)(H,28,30). The van der Waals surface area contributed by atoms with Gasteiger partial charge >= 0.3 is 0 Å². The first kappa shape index (κ1) is 21.1. The molecule has 4 rings (SSSR count). The highest BCUT2D eigenvalue weighted by Gasteiger charge is 2.14. The van der Waals surface area contributed by atoms with Crippen molar-refractivity contribution in [1.29, 1.82) is 0 Å². The van der Waals surface area contributed by atoms with Gasteiger partial charge in [-0.15, -0.1) is 0 Å². The number of benzene rings is 2. The maximum atomic E-state index is 12.6. The minimum absolute atomic E-state index is 0.0637. The number of aromatic nitrogens is 3. The van der Waals surface area contributed by atoms with Gasteiger partial charge in [0.1, 0.15) is 18.4 Å². The van der Waals surface area contributed by atoms with E-state index in [4.69, 9.17) is 16.0 Å². The molecule has 0 saturated carbocycles. The van der Waals surface area contributed by atoms with E-state index >= 15 is 0 Å². The summed E-state index contributed by atoms with van der Waals surface area (Å²) in [4.78, 5) is 29.1. The summed E-state index contributed by atoms with van der Waals surface area (Å²) in [5.41, 5.74) is 2.05. The van der Waals surface area contributed by atoms with Gasteiger partial charge in [-0.25, -0.2) is 9.67 Å². The molecule has 0 radical (unpaired) electrons. The second-order valence-corrected chi connectivity index (χ2v) is 7.15. The van der Waals surface area contributed by atoms with Crippen LogP contribution in [-0.4, -0.2) is 33.1 Å². The van der Waals surface area contributed by atoms with E-state index < -0.39 is 0 Å². The van der Waals surface area contributed by atoms with Gasteiger partial charge in [0.25, 0.3) is 5.91 Å². The highest BCUT2D eigenvalue weighted by Crippen LogP contribution is 2.24. The number of rotatable bonds is 8. The number of furan rings is 1. The predicted molar refractivity (Wildman–Crippen MR) is 120 cm³/mol. The molecule has 0 saturated heterocycles. The molecule has 3 N–H and O–H groups in total. The lowest BCUT2D eigenvalue weighted by Crippen LogP contribution is -2.26. The third-order valence-corrected chi connectivity index (χ3v) is 4.75. The number of nitrogens with zero attached hydrogens (tertiary/aromatic N) is 3. The highest BCUT2D eigenvalue weighted by atomic mass is 35.5. The van der Waals surface area contributed by atoms with Crippen LogP contribution < -0.4 is 16.0 Å². The Morgan fingerprint density at radius 1 is 1.06 bits per heavy atom. The largest absolute Gasteiger partial charge is 0.467 e. The Bertz CT molecular complexity index is 1210. The molecule has 9 nitrogen and oxygen atoms in total. The Kier molecular flexibility index (Phi) is 6.47. The van der Waals surface area contributed by atoms with Gasteiger partial charge in [0.05, 0.1) is 36.3 Å². The normalized spacial score (nSPS) is 10.5. The van der Waals surface area contributed by atoms with E-state index in [1.54, 1.807) is 60.9 Å². The number of amides is 2. The molecule has 10 heteroatoms. The third kappa shape index (κ3) is 5.13. The molecule has 0 bridgehead atoms. The lowest BCUT2D eigenvalue weighted by atomic mass is 10.1. The Morgan fingerprint density at radius 2 is 1.94 bits per heavy atom. The molecule has 4 aromatic rings. The lowest BCUT2D eigenvalue weighted by molar-refractivity contribution is -0.114. The number of para-hydroxylation sites is 1. The summed E-state index contributed by atoms with van der Waals surface area (Å²) in [5.74, 6) is 0.0422. The number of carbonyl (C=O) groups is 2. The topological polar surface area (TPSA) is 114 Å². The SMILES string of the molecule is O=C(CNc1ccccc1C(=O)NCc1ccco1)Nc1cc(Cl)ccc1-n1cncn1. The Balaban J connectivity index is 1.41. The monoisotopic (exact) mass is 450 g/mol. The summed E-state index contributed by atoms with van der Waals surface area (Å²) in [7, 11) is 0. The quantitative estimate of drug-likeness (QED) is 0.378. The fourth-order valence-corrected chi connectivity index (χ4v) is 3.19. The molecule has 2 amide bonds. The van der Waals surface area contributed by atoms with Gasteiger partial charge < -0.3 is 20.4 Å². The van der Waals surface area contributed by atoms with Gasteiger partial charge in [0.2, 0.25) is 5.91 Å². The van der Waals surface area contributed by atoms with E-state index in [9.17, 15) is 9.59 Å². The molecule has 0 fully saturated rings. The van der Waals surface area contributed by atoms with Crippen molar-refractivity contribution >= 4 is 34.8 Å². The van der Waals surface area contributed by atoms with Crippen molar-refractivity contribution < 1.29 is 14.0 Å². The molecule has 0 aliphatic heterocycles. The molecule has 2 aromatic heterocycles. The zero-order valence-electron chi connectivity index (χ0n) is 16.8. The van der Waals surface area contributed by atoms with Crippen molar-refractivity contribution in [2.45, 2.75) is 6.54 Å². The zero-order valence-corrected chi connectivity index (χ0v) is 17.5. The van der Waals surface area contributed by atoms with Crippen molar-refractivity contribution in [1.82, 2.24) is 20.1 Å². The second kappa shape index (κ2) is 9.80. The summed E-state index contributed by atoms with van der Waals surface area (Å²) in [6, 6.07) is 15.5. The van der Waals surface area contributed by atoms with E-state index in [0.717, 1.165) is 0 Å². The fraction of sp³-hybridized carbons (Fsp3) is 0.0909. The number of halogens is 1. The van der Waals surface area contributed by atoms with Gasteiger partial charge in [-0.2, -0.15) is 5.10 Å². The molecule has 32 heavy (non-hydrogen) atoms. The molecule has 0 aliphatic carbocycles. The summed E-state index contributed by atoms with van der Waals surface area (Å²) in [5, 5.41) is 13.2. The van der Waals surface area contributed by atoms with Gasteiger partial charge in [0, 0.05) is 10.7 Å². The first-order valence-electron chi connectivity index (χ1n) is 9.68. The first-order valence-corrected chi connectivity index (χ1v) is 10.1. The number of nitrogens with one attached hydrogen (secondary N) is 3. The van der Waals surface area contributed by atoms with Crippen LogP contribution >= 0.6 is 11.6 Å². The molecule has 2 heterocycles. The van der Waals surface area contributed by atoms with Gasteiger partial charge in [-0.1, -0.05) is 23.7 Å². The van der Waals surface area contributed by atoms with Crippen molar-refractivity contribution in [2.24, 2.45) is 0 Å². The predicted octanol–water partition coefficient (Wildman–Crippen LogP) is 3.49. The smallest absolute Gasteiger partial charge is 0.253 e. The maximum Gasteiger partial charge on any atom is 0.253 e. The number of anilines is 2. The molecular weight excluding hydrogens is 432 g/mol. The van der Waals surface area contributed by atoms with E-state index in [1.807, 2.05) is 0 Å². The average molecular weight is 451 g/mol. The minimum Gasteiger partial charge on any atom is -0.467 e. The molecule has 0 unspecified atom stereocenters. The van der Waals surface area contributed by atoms with E-state index in [0.29, 0.717) is 33.4 Å². The van der Waals surface area contributed by atoms with Crippen molar-refractivity contribution in [3.05, 3.63) is 89.9 Å². The van der Waals surface area contributed by atoms with Crippen molar-refractivity contribution in [2.75, 3.05) is 17.2 Å². The number of hydrogen-bond acceptors (Lipinski definition) is 6. The number of hydrogen-bond donors (Lipinski definition) is 3. The molecule has 0 atom stereocenters. The van der Waals surface area contributed by atoms with Crippen LogP contribution in [0.25, 0.3) is 5.69 Å². The van der Waals surface area contributed by atoms with Crippen LogP contribution in [0.5, 0.6) is 0 Å². The van der Waals surface area contributed by atoms with Crippen molar-refractivity contribution in [3.8, 4) is 5.69 Å². The molecule has 162 valence electrons.